The molecule has 0 radical (unpaired) electrons. The Morgan fingerprint density at radius 1 is 0.949 bits per heavy atom. The van der Waals surface area contributed by atoms with E-state index in [-0.39, 0.29) is 29.8 Å². The molecule has 0 saturated heterocycles. The van der Waals surface area contributed by atoms with Gasteiger partial charge in [0.2, 0.25) is 21.8 Å². The minimum absolute atomic E-state index is 0.0865. The third-order valence-electron chi connectivity index (χ3n) is 6.60. The van der Waals surface area contributed by atoms with E-state index in [9.17, 15) is 18.0 Å². The molecule has 0 aliphatic carbocycles. The number of aryl methyl sites for hydroxylation is 1. The summed E-state index contributed by atoms with van der Waals surface area (Å²) in [5.41, 5.74) is 2.54. The Hall–Kier alpha value is -3.20. The van der Waals surface area contributed by atoms with E-state index in [0.717, 1.165) is 27.4 Å². The first kappa shape index (κ1) is 30.3. The van der Waals surface area contributed by atoms with E-state index >= 15 is 0 Å². The lowest BCUT2D eigenvalue weighted by molar-refractivity contribution is -0.141. The number of nitrogens with zero attached hydrogens (tertiary/aromatic N) is 2. The molecule has 3 aromatic rings. The van der Waals surface area contributed by atoms with Gasteiger partial charge in [-0.25, -0.2) is 8.42 Å². The SMILES string of the molecule is CCC(C)NC(=O)C(Cc1ccccc1)N(Cc1cccc(Cl)c1)C(=O)CN(C)S(=O)(=O)c1ccc(C)cc1. The number of likely N-dealkylation sites (N-methyl/N-ethyl adjacent to an activating group) is 1. The summed E-state index contributed by atoms with van der Waals surface area (Å²) in [6.45, 7) is 5.40. The number of hydrogen-bond acceptors (Lipinski definition) is 4. The molecule has 208 valence electrons. The Labute approximate surface area is 236 Å². The fraction of sp³-hybridized carbons (Fsp3) is 0.333. The van der Waals surface area contributed by atoms with Crippen molar-refractivity contribution in [3.05, 3.63) is 101 Å². The Morgan fingerprint density at radius 2 is 1.59 bits per heavy atom. The maximum absolute atomic E-state index is 13.9. The van der Waals surface area contributed by atoms with Crippen LogP contribution in [0, 0.1) is 6.92 Å². The number of carbonyl (C=O) groups excluding carboxylic acids is 2. The minimum atomic E-state index is -3.93. The van der Waals surface area contributed by atoms with Crippen molar-refractivity contribution in [2.75, 3.05) is 13.6 Å². The lowest BCUT2D eigenvalue weighted by Crippen LogP contribution is -2.54. The highest BCUT2D eigenvalue weighted by Crippen LogP contribution is 2.20. The third-order valence-corrected chi connectivity index (χ3v) is 8.65. The zero-order valence-electron chi connectivity index (χ0n) is 22.8. The van der Waals surface area contributed by atoms with Crippen LogP contribution in [0.1, 0.15) is 37.0 Å². The molecule has 3 rings (SSSR count). The van der Waals surface area contributed by atoms with Crippen molar-refractivity contribution in [2.45, 2.75) is 57.1 Å². The molecule has 0 aliphatic rings. The summed E-state index contributed by atoms with van der Waals surface area (Å²) in [5.74, 6) is -0.791. The van der Waals surface area contributed by atoms with Gasteiger partial charge in [0.25, 0.3) is 0 Å². The lowest BCUT2D eigenvalue weighted by Gasteiger charge is -2.33. The van der Waals surface area contributed by atoms with E-state index in [1.807, 2.05) is 57.2 Å². The fourth-order valence-electron chi connectivity index (χ4n) is 4.08. The first-order valence-corrected chi connectivity index (χ1v) is 14.7. The van der Waals surface area contributed by atoms with Crippen molar-refractivity contribution in [2.24, 2.45) is 0 Å². The number of amides is 2. The molecule has 2 amide bonds. The second-order valence-electron chi connectivity index (χ2n) is 9.75. The predicted molar refractivity (Wildman–Crippen MR) is 155 cm³/mol. The molecule has 1 N–H and O–H groups in total. The summed E-state index contributed by atoms with van der Waals surface area (Å²) in [6, 6.07) is 22.0. The van der Waals surface area contributed by atoms with Gasteiger partial charge in [-0.15, -0.1) is 0 Å². The van der Waals surface area contributed by atoms with Crippen LogP contribution in [-0.4, -0.2) is 55.1 Å². The van der Waals surface area contributed by atoms with Gasteiger partial charge in [0.15, 0.2) is 0 Å². The number of sulfonamides is 1. The quantitative estimate of drug-likeness (QED) is 0.339. The molecule has 9 heteroatoms. The Bertz CT molecular complexity index is 1360. The molecule has 0 heterocycles. The number of benzene rings is 3. The van der Waals surface area contributed by atoms with Gasteiger partial charge in [0.05, 0.1) is 11.4 Å². The van der Waals surface area contributed by atoms with Crippen LogP contribution in [0.15, 0.2) is 83.8 Å². The zero-order chi connectivity index (χ0) is 28.6. The van der Waals surface area contributed by atoms with E-state index in [2.05, 4.69) is 5.32 Å². The van der Waals surface area contributed by atoms with Gasteiger partial charge in [-0.1, -0.05) is 78.7 Å². The van der Waals surface area contributed by atoms with Crippen LogP contribution < -0.4 is 5.32 Å². The Morgan fingerprint density at radius 3 is 2.21 bits per heavy atom. The highest BCUT2D eigenvalue weighted by molar-refractivity contribution is 7.89. The third kappa shape index (κ3) is 8.39. The molecule has 2 unspecified atom stereocenters. The van der Waals surface area contributed by atoms with Crippen LogP contribution in [0.3, 0.4) is 0 Å². The topological polar surface area (TPSA) is 86.8 Å². The van der Waals surface area contributed by atoms with E-state index in [0.29, 0.717) is 5.02 Å². The number of halogens is 1. The van der Waals surface area contributed by atoms with Crippen molar-refractivity contribution in [3.63, 3.8) is 0 Å². The van der Waals surface area contributed by atoms with E-state index in [1.165, 1.54) is 24.1 Å². The van der Waals surface area contributed by atoms with Crippen LogP contribution in [0.5, 0.6) is 0 Å². The molecule has 0 aliphatic heterocycles. The molecule has 3 aromatic carbocycles. The van der Waals surface area contributed by atoms with Crippen molar-refractivity contribution in [1.82, 2.24) is 14.5 Å². The molecular weight excluding hydrogens is 534 g/mol. The Kier molecular flexibility index (Phi) is 10.7. The Balaban J connectivity index is 1.98. The van der Waals surface area contributed by atoms with Gasteiger partial charge in [-0.2, -0.15) is 4.31 Å². The standard InChI is InChI=1S/C30H36ClN3O4S/c1-5-23(3)32-30(36)28(19-24-10-7-6-8-11-24)34(20-25-12-9-13-26(31)18-25)29(35)21-33(4)39(37,38)27-16-14-22(2)15-17-27/h6-18,23,28H,5,19-21H2,1-4H3,(H,32,36). The number of rotatable bonds is 12. The molecule has 0 fully saturated rings. The second kappa shape index (κ2) is 13.7. The van der Waals surface area contributed by atoms with E-state index in [4.69, 9.17) is 11.6 Å². The summed E-state index contributed by atoms with van der Waals surface area (Å²) in [7, 11) is -2.56. The second-order valence-corrected chi connectivity index (χ2v) is 12.2. The van der Waals surface area contributed by atoms with Crippen molar-refractivity contribution in [1.29, 1.82) is 0 Å². The first-order chi connectivity index (χ1) is 18.5. The van der Waals surface area contributed by atoms with E-state index in [1.54, 1.807) is 30.3 Å². The van der Waals surface area contributed by atoms with Crippen LogP contribution in [0.25, 0.3) is 0 Å². The van der Waals surface area contributed by atoms with Gasteiger partial charge >= 0.3 is 0 Å². The van der Waals surface area contributed by atoms with Crippen LogP contribution in [-0.2, 0) is 32.6 Å². The zero-order valence-corrected chi connectivity index (χ0v) is 24.4. The van der Waals surface area contributed by atoms with Gasteiger partial charge in [0, 0.05) is 31.1 Å². The maximum atomic E-state index is 13.9. The van der Waals surface area contributed by atoms with Crippen LogP contribution in [0.2, 0.25) is 5.02 Å². The summed E-state index contributed by atoms with van der Waals surface area (Å²) in [5, 5.41) is 3.51. The maximum Gasteiger partial charge on any atom is 0.243 e. The molecular formula is C30H36ClN3O4S. The smallest absolute Gasteiger partial charge is 0.243 e. The van der Waals surface area contributed by atoms with E-state index < -0.39 is 28.5 Å². The molecule has 0 bridgehead atoms. The molecule has 0 saturated carbocycles. The fourth-order valence-corrected chi connectivity index (χ4v) is 5.42. The van der Waals surface area contributed by atoms with Gasteiger partial charge < -0.3 is 10.2 Å². The summed E-state index contributed by atoms with van der Waals surface area (Å²) in [4.78, 5) is 29.0. The first-order valence-electron chi connectivity index (χ1n) is 12.9. The molecule has 2 atom stereocenters. The highest BCUT2D eigenvalue weighted by Gasteiger charge is 2.33. The largest absolute Gasteiger partial charge is 0.352 e. The average molecular weight is 570 g/mol. The number of hydrogen-bond donors (Lipinski definition) is 1. The highest BCUT2D eigenvalue weighted by atomic mass is 35.5. The molecule has 0 aromatic heterocycles. The van der Waals surface area contributed by atoms with Crippen molar-refractivity contribution >= 4 is 33.4 Å². The predicted octanol–water partition coefficient (Wildman–Crippen LogP) is 4.82. The molecule has 7 nitrogen and oxygen atoms in total. The van der Waals surface area contributed by atoms with Crippen LogP contribution >= 0.6 is 11.6 Å². The summed E-state index contributed by atoms with van der Waals surface area (Å²) >= 11 is 6.22. The van der Waals surface area contributed by atoms with Crippen molar-refractivity contribution in [3.8, 4) is 0 Å². The monoisotopic (exact) mass is 569 g/mol. The summed E-state index contributed by atoms with van der Waals surface area (Å²) < 4.78 is 27.5. The van der Waals surface area contributed by atoms with Gasteiger partial charge in [-0.3, -0.25) is 9.59 Å². The van der Waals surface area contributed by atoms with Crippen molar-refractivity contribution < 1.29 is 18.0 Å². The minimum Gasteiger partial charge on any atom is -0.352 e. The lowest BCUT2D eigenvalue weighted by atomic mass is 10.0. The summed E-state index contributed by atoms with van der Waals surface area (Å²) in [6.07, 6.45) is 0.993. The molecule has 0 spiro atoms. The van der Waals surface area contributed by atoms with Gasteiger partial charge in [0.1, 0.15) is 6.04 Å². The van der Waals surface area contributed by atoms with Crippen LogP contribution in [0.4, 0.5) is 0 Å². The average Bonchev–Trinajstić information content (AvgIpc) is 2.91. The molecule has 39 heavy (non-hydrogen) atoms. The number of carbonyl (C=O) groups is 2. The number of nitrogens with one attached hydrogen (secondary N) is 1. The van der Waals surface area contributed by atoms with Gasteiger partial charge in [-0.05, 0) is 55.7 Å². The normalized spacial score (nSPS) is 13.1.